The van der Waals surface area contributed by atoms with Gasteiger partial charge in [0.1, 0.15) is 11.6 Å². The largest absolute Gasteiger partial charge is 0.431 e. The standard InChI is InChI=1S/C21H21FN4O2S/c22-17-9-16(28-21-24-18-3-1-2-4-19(18)29-21)8-5-13(17)10-26-14-6-7-15(26)12-25(11-14)20(23)27/h1-5,8-9,14-15H,6-7,10-12H2,(H2,23,27)/t14-,15+. The molecule has 0 unspecified atom stereocenters. The summed E-state index contributed by atoms with van der Waals surface area (Å²) in [6.45, 7) is 1.76. The average molecular weight is 412 g/mol. The molecule has 1 aromatic heterocycles. The van der Waals surface area contributed by atoms with E-state index in [0.29, 0.717) is 36.1 Å². The first-order valence-corrected chi connectivity index (χ1v) is 10.5. The second-order valence-corrected chi connectivity index (χ2v) is 8.60. The number of thiazole rings is 1. The molecule has 8 heteroatoms. The first-order valence-electron chi connectivity index (χ1n) is 9.69. The molecule has 2 bridgehead atoms. The molecule has 2 N–H and O–H groups in total. The van der Waals surface area contributed by atoms with Crippen molar-refractivity contribution in [2.24, 2.45) is 5.73 Å². The van der Waals surface area contributed by atoms with E-state index in [-0.39, 0.29) is 23.9 Å². The van der Waals surface area contributed by atoms with Crippen molar-refractivity contribution in [1.29, 1.82) is 0 Å². The molecule has 2 aliphatic heterocycles. The minimum atomic E-state index is -0.371. The Labute approximate surface area is 171 Å². The molecule has 2 fully saturated rings. The minimum absolute atomic E-state index is 0.235. The summed E-state index contributed by atoms with van der Waals surface area (Å²) >= 11 is 1.44. The SMILES string of the molecule is NC(=O)N1C[C@H]2CC[C@@H](C1)N2Cc1ccc(Oc2nc3ccccc3s2)cc1F. The monoisotopic (exact) mass is 412 g/mol. The van der Waals surface area contributed by atoms with Crippen LogP contribution in [0.15, 0.2) is 42.5 Å². The maximum absolute atomic E-state index is 14.8. The molecule has 0 aliphatic carbocycles. The lowest BCUT2D eigenvalue weighted by molar-refractivity contribution is 0.0789. The Hall–Kier alpha value is -2.71. The van der Waals surface area contributed by atoms with E-state index in [1.807, 2.05) is 24.3 Å². The van der Waals surface area contributed by atoms with Crippen molar-refractivity contribution >= 4 is 27.6 Å². The Morgan fingerprint density at radius 2 is 1.97 bits per heavy atom. The van der Waals surface area contributed by atoms with Crippen LogP contribution in [-0.4, -0.2) is 46.0 Å². The first-order chi connectivity index (χ1) is 14.1. The lowest BCUT2D eigenvalue weighted by Crippen LogP contribution is -2.56. The van der Waals surface area contributed by atoms with Crippen LogP contribution in [0.5, 0.6) is 10.9 Å². The molecular weight excluding hydrogens is 391 g/mol. The fraction of sp³-hybridized carbons (Fsp3) is 0.333. The van der Waals surface area contributed by atoms with Crippen LogP contribution in [0.25, 0.3) is 10.2 Å². The fourth-order valence-electron chi connectivity index (χ4n) is 4.34. The zero-order chi connectivity index (χ0) is 20.0. The number of nitrogens with zero attached hydrogens (tertiary/aromatic N) is 3. The van der Waals surface area contributed by atoms with Crippen LogP contribution >= 0.6 is 11.3 Å². The number of carbonyl (C=O) groups is 1. The third-order valence-corrected chi connectivity index (χ3v) is 6.72. The highest BCUT2D eigenvalue weighted by atomic mass is 32.1. The summed E-state index contributed by atoms with van der Waals surface area (Å²) in [7, 11) is 0. The van der Waals surface area contributed by atoms with E-state index in [0.717, 1.165) is 23.1 Å². The molecule has 0 radical (unpaired) electrons. The van der Waals surface area contributed by atoms with E-state index in [2.05, 4.69) is 9.88 Å². The van der Waals surface area contributed by atoms with E-state index in [4.69, 9.17) is 10.5 Å². The zero-order valence-corrected chi connectivity index (χ0v) is 16.6. The van der Waals surface area contributed by atoms with Crippen LogP contribution in [0, 0.1) is 5.82 Å². The maximum Gasteiger partial charge on any atom is 0.314 e. The molecular formula is C21H21FN4O2S. The van der Waals surface area contributed by atoms with Crippen molar-refractivity contribution in [3.63, 3.8) is 0 Å². The van der Waals surface area contributed by atoms with Gasteiger partial charge in [0.2, 0.25) is 0 Å². The summed E-state index contributed by atoms with van der Waals surface area (Å²) in [5.74, 6) is 0.146. The van der Waals surface area contributed by atoms with Gasteiger partial charge in [0, 0.05) is 43.3 Å². The van der Waals surface area contributed by atoms with E-state index >= 15 is 0 Å². The second-order valence-electron chi connectivity index (χ2n) is 7.60. The van der Waals surface area contributed by atoms with Gasteiger partial charge in [0.25, 0.3) is 5.19 Å². The lowest BCUT2D eigenvalue weighted by Gasteiger charge is -2.40. The molecule has 29 heavy (non-hydrogen) atoms. The van der Waals surface area contributed by atoms with Gasteiger partial charge < -0.3 is 15.4 Å². The van der Waals surface area contributed by atoms with Gasteiger partial charge in [-0.25, -0.2) is 14.2 Å². The van der Waals surface area contributed by atoms with Gasteiger partial charge in [-0.15, -0.1) is 0 Å². The summed E-state index contributed by atoms with van der Waals surface area (Å²) in [5, 5.41) is 0.499. The van der Waals surface area contributed by atoms with Crippen molar-refractivity contribution in [3.8, 4) is 10.9 Å². The topological polar surface area (TPSA) is 71.7 Å². The number of fused-ring (bicyclic) bond motifs is 3. The van der Waals surface area contributed by atoms with E-state index in [1.54, 1.807) is 17.0 Å². The Kier molecular flexibility index (Phi) is 4.60. The van der Waals surface area contributed by atoms with Gasteiger partial charge in [-0.05, 0) is 31.0 Å². The molecule has 3 heterocycles. The molecule has 2 amide bonds. The number of likely N-dealkylation sites (tertiary alicyclic amines) is 1. The number of carbonyl (C=O) groups excluding carboxylic acids is 1. The number of halogens is 1. The van der Waals surface area contributed by atoms with Gasteiger partial charge in [-0.3, -0.25) is 4.90 Å². The maximum atomic E-state index is 14.8. The van der Waals surface area contributed by atoms with Crippen LogP contribution in [0.2, 0.25) is 0 Å². The number of aromatic nitrogens is 1. The highest BCUT2D eigenvalue weighted by Crippen LogP contribution is 2.34. The van der Waals surface area contributed by atoms with Crippen molar-refractivity contribution in [3.05, 3.63) is 53.8 Å². The lowest BCUT2D eigenvalue weighted by atomic mass is 10.1. The Balaban J connectivity index is 1.29. The molecule has 2 atom stereocenters. The average Bonchev–Trinajstić information content (AvgIpc) is 3.19. The number of ether oxygens (including phenoxy) is 1. The van der Waals surface area contributed by atoms with Gasteiger partial charge in [-0.1, -0.05) is 29.5 Å². The first kappa shape index (κ1) is 18.3. The Morgan fingerprint density at radius 3 is 2.66 bits per heavy atom. The summed E-state index contributed by atoms with van der Waals surface area (Å²) in [6, 6.07) is 12.9. The predicted octanol–water partition coefficient (Wildman–Crippen LogP) is 3.96. The number of hydrogen-bond acceptors (Lipinski definition) is 5. The fourth-order valence-corrected chi connectivity index (χ4v) is 5.18. The summed E-state index contributed by atoms with van der Waals surface area (Å²) < 4.78 is 21.6. The van der Waals surface area contributed by atoms with Crippen molar-refractivity contribution in [1.82, 2.24) is 14.8 Å². The van der Waals surface area contributed by atoms with Crippen LogP contribution < -0.4 is 10.5 Å². The third kappa shape index (κ3) is 3.54. The number of benzene rings is 2. The third-order valence-electron chi connectivity index (χ3n) is 5.80. The van der Waals surface area contributed by atoms with Crippen molar-refractivity contribution in [2.75, 3.05) is 13.1 Å². The number of rotatable bonds is 4. The molecule has 3 aromatic rings. The summed E-state index contributed by atoms with van der Waals surface area (Å²) in [4.78, 5) is 19.9. The Morgan fingerprint density at radius 1 is 1.21 bits per heavy atom. The van der Waals surface area contributed by atoms with Crippen molar-refractivity contribution < 1.29 is 13.9 Å². The number of primary amides is 1. The molecule has 150 valence electrons. The molecule has 5 rings (SSSR count). The van der Waals surface area contributed by atoms with Gasteiger partial charge in [-0.2, -0.15) is 0 Å². The second kappa shape index (κ2) is 7.27. The minimum Gasteiger partial charge on any atom is -0.431 e. The van der Waals surface area contributed by atoms with Crippen LogP contribution in [0.1, 0.15) is 18.4 Å². The molecule has 0 saturated carbocycles. The van der Waals surface area contributed by atoms with E-state index < -0.39 is 0 Å². The molecule has 2 aromatic carbocycles. The van der Waals surface area contributed by atoms with Crippen LogP contribution in [0.4, 0.5) is 9.18 Å². The van der Waals surface area contributed by atoms with Gasteiger partial charge in [0.05, 0.1) is 10.2 Å². The van der Waals surface area contributed by atoms with E-state index in [9.17, 15) is 9.18 Å². The molecule has 0 spiro atoms. The highest BCUT2D eigenvalue weighted by Gasteiger charge is 2.40. The van der Waals surface area contributed by atoms with Crippen LogP contribution in [0.3, 0.4) is 0 Å². The molecule has 2 aliphatic rings. The van der Waals surface area contributed by atoms with Gasteiger partial charge in [0.15, 0.2) is 0 Å². The number of nitrogens with two attached hydrogens (primary N) is 1. The van der Waals surface area contributed by atoms with Crippen LogP contribution in [-0.2, 0) is 6.54 Å². The quantitative estimate of drug-likeness (QED) is 0.704. The number of urea groups is 1. The number of piperazine rings is 1. The number of para-hydroxylation sites is 1. The zero-order valence-electron chi connectivity index (χ0n) is 15.8. The normalized spacial score (nSPS) is 21.6. The number of hydrogen-bond donors (Lipinski definition) is 1. The van der Waals surface area contributed by atoms with Crippen molar-refractivity contribution in [2.45, 2.75) is 31.5 Å². The van der Waals surface area contributed by atoms with Gasteiger partial charge >= 0.3 is 6.03 Å². The highest BCUT2D eigenvalue weighted by molar-refractivity contribution is 7.20. The van der Waals surface area contributed by atoms with E-state index in [1.165, 1.54) is 17.4 Å². The molecule has 6 nitrogen and oxygen atoms in total. The summed E-state index contributed by atoms with van der Waals surface area (Å²) in [5.41, 5.74) is 6.94. The predicted molar refractivity (Wildman–Crippen MR) is 110 cm³/mol. The smallest absolute Gasteiger partial charge is 0.314 e. The molecule has 2 saturated heterocycles. The summed E-state index contributed by atoms with van der Waals surface area (Å²) in [6.07, 6.45) is 2.02. The number of amides is 2. The Bertz CT molecular complexity index is 1020.